The summed E-state index contributed by atoms with van der Waals surface area (Å²) in [6, 6.07) is 36.5. The molecule has 0 bridgehead atoms. The number of aliphatic hydroxyl groups excluding tert-OH is 1. The minimum atomic E-state index is -1.13. The summed E-state index contributed by atoms with van der Waals surface area (Å²) >= 11 is 0. The summed E-state index contributed by atoms with van der Waals surface area (Å²) in [7, 11) is 0. The quantitative estimate of drug-likeness (QED) is 0.443. The molecule has 164 valence electrons. The maximum atomic E-state index is 11.9. The fourth-order valence-corrected chi connectivity index (χ4v) is 5.63. The van der Waals surface area contributed by atoms with Gasteiger partial charge in [-0.3, -0.25) is 0 Å². The first kappa shape index (κ1) is 20.1. The number of rotatable bonds is 3. The first-order valence-electron chi connectivity index (χ1n) is 11.6. The van der Waals surface area contributed by atoms with E-state index in [0.717, 1.165) is 34.6 Å². The molecule has 0 fully saturated rings. The van der Waals surface area contributed by atoms with Gasteiger partial charge in [-0.1, -0.05) is 97.1 Å². The number of aliphatic hydroxyl groups is 1. The van der Waals surface area contributed by atoms with Gasteiger partial charge in [-0.15, -0.1) is 0 Å². The fraction of sp³-hybridized carbons (Fsp3) is 0.200. The number of hydrogen-bond acceptors (Lipinski definition) is 3. The summed E-state index contributed by atoms with van der Waals surface area (Å²) in [5.74, 6) is 1.64. The van der Waals surface area contributed by atoms with Crippen molar-refractivity contribution in [2.24, 2.45) is 0 Å². The van der Waals surface area contributed by atoms with Gasteiger partial charge in [0.1, 0.15) is 17.6 Å². The van der Waals surface area contributed by atoms with Crippen LogP contribution in [0.25, 0.3) is 0 Å². The first-order valence-corrected chi connectivity index (χ1v) is 11.6. The largest absolute Gasteiger partial charge is 0.478 e. The topological polar surface area (TPSA) is 38.7 Å². The highest BCUT2D eigenvalue weighted by Gasteiger charge is 2.64. The highest BCUT2D eigenvalue weighted by Crippen LogP contribution is 2.56. The van der Waals surface area contributed by atoms with Gasteiger partial charge in [-0.05, 0) is 35.2 Å². The Hall–Kier alpha value is -3.56. The molecule has 0 radical (unpaired) electrons. The third-order valence-electron chi connectivity index (χ3n) is 7.17. The molecular weight excluding hydrogens is 408 g/mol. The van der Waals surface area contributed by atoms with E-state index in [1.54, 1.807) is 0 Å². The van der Waals surface area contributed by atoms with Crippen LogP contribution in [0.5, 0.6) is 11.5 Å². The molecule has 2 aliphatic heterocycles. The number of para-hydroxylation sites is 2. The van der Waals surface area contributed by atoms with Gasteiger partial charge < -0.3 is 14.6 Å². The lowest BCUT2D eigenvalue weighted by Gasteiger charge is -2.55. The average molecular weight is 435 g/mol. The van der Waals surface area contributed by atoms with E-state index < -0.39 is 17.3 Å². The van der Waals surface area contributed by atoms with Gasteiger partial charge in [0.15, 0.2) is 5.60 Å². The Kier molecular flexibility index (Phi) is 4.74. The first-order chi connectivity index (χ1) is 16.2. The van der Waals surface area contributed by atoms with E-state index in [9.17, 15) is 5.11 Å². The summed E-state index contributed by atoms with van der Waals surface area (Å²) in [4.78, 5) is 0. The van der Waals surface area contributed by atoms with Crippen LogP contribution < -0.4 is 9.47 Å². The maximum Gasteiger partial charge on any atom is 0.203 e. The van der Waals surface area contributed by atoms with Crippen molar-refractivity contribution in [2.75, 3.05) is 0 Å². The van der Waals surface area contributed by atoms with Gasteiger partial charge in [0, 0.05) is 18.4 Å². The van der Waals surface area contributed by atoms with Crippen LogP contribution in [-0.4, -0.2) is 11.2 Å². The lowest BCUT2D eigenvalue weighted by molar-refractivity contribution is -0.201. The van der Waals surface area contributed by atoms with Gasteiger partial charge in [-0.25, -0.2) is 0 Å². The second-order valence-corrected chi connectivity index (χ2v) is 8.93. The molecule has 2 heterocycles. The molecule has 0 spiro atoms. The van der Waals surface area contributed by atoms with Crippen LogP contribution in [0.3, 0.4) is 0 Å². The zero-order valence-electron chi connectivity index (χ0n) is 18.4. The van der Waals surface area contributed by atoms with Gasteiger partial charge in [0.25, 0.3) is 0 Å². The summed E-state index contributed by atoms with van der Waals surface area (Å²) in [5.41, 5.74) is 2.06. The second kappa shape index (κ2) is 7.79. The van der Waals surface area contributed by atoms with Crippen molar-refractivity contribution in [1.82, 2.24) is 0 Å². The van der Waals surface area contributed by atoms with Crippen LogP contribution in [0.1, 0.15) is 28.7 Å². The van der Waals surface area contributed by atoms with Crippen molar-refractivity contribution >= 4 is 0 Å². The van der Waals surface area contributed by atoms with E-state index in [-0.39, 0.29) is 0 Å². The fourth-order valence-electron chi connectivity index (χ4n) is 5.63. The standard InChI is InChI=1S/C30H26O3/c31-28-21-23-12-8-10-18-27(23)33-30(28,25-15-5-2-6-16-25)29(24-13-3-1-4-14-24)20-19-22-11-7-9-17-26(22)32-29/h1-18,28,31H,19-21H2. The molecule has 2 aliphatic rings. The van der Waals surface area contributed by atoms with Crippen LogP contribution >= 0.6 is 0 Å². The molecule has 3 heteroatoms. The molecule has 0 aliphatic carbocycles. The molecule has 3 nitrogen and oxygen atoms in total. The van der Waals surface area contributed by atoms with Gasteiger partial charge in [-0.2, -0.15) is 0 Å². The molecule has 6 rings (SSSR count). The Morgan fingerprint density at radius 1 is 0.606 bits per heavy atom. The summed E-state index contributed by atoms with van der Waals surface area (Å²) in [5, 5.41) is 11.9. The Morgan fingerprint density at radius 2 is 1.15 bits per heavy atom. The van der Waals surface area contributed by atoms with Crippen LogP contribution in [0.15, 0.2) is 109 Å². The lowest BCUT2D eigenvalue weighted by Crippen LogP contribution is -2.65. The molecule has 4 aromatic rings. The molecule has 4 aromatic carbocycles. The maximum absolute atomic E-state index is 11.9. The lowest BCUT2D eigenvalue weighted by atomic mass is 9.64. The van der Waals surface area contributed by atoms with E-state index in [0.29, 0.717) is 12.8 Å². The highest BCUT2D eigenvalue weighted by molar-refractivity contribution is 5.47. The van der Waals surface area contributed by atoms with Crippen molar-refractivity contribution in [1.29, 1.82) is 0 Å². The van der Waals surface area contributed by atoms with Crippen molar-refractivity contribution in [3.63, 3.8) is 0 Å². The molecular formula is C30H26O3. The molecule has 3 atom stereocenters. The van der Waals surface area contributed by atoms with Crippen molar-refractivity contribution in [3.05, 3.63) is 131 Å². The molecule has 0 saturated carbocycles. The minimum absolute atomic E-state index is 0.491. The molecule has 0 aromatic heterocycles. The second-order valence-electron chi connectivity index (χ2n) is 8.93. The Labute approximate surface area is 194 Å². The van der Waals surface area contributed by atoms with Gasteiger partial charge >= 0.3 is 0 Å². The molecule has 33 heavy (non-hydrogen) atoms. The minimum Gasteiger partial charge on any atom is -0.478 e. The predicted octanol–water partition coefficient (Wildman–Crippen LogP) is 5.80. The number of ether oxygens (including phenoxy) is 2. The molecule has 3 unspecified atom stereocenters. The molecule has 1 N–H and O–H groups in total. The average Bonchev–Trinajstić information content (AvgIpc) is 2.89. The summed E-state index contributed by atoms with van der Waals surface area (Å²) < 4.78 is 14.0. The third-order valence-corrected chi connectivity index (χ3v) is 7.17. The third kappa shape index (κ3) is 3.00. The Bertz CT molecular complexity index is 1270. The van der Waals surface area contributed by atoms with E-state index >= 15 is 0 Å². The van der Waals surface area contributed by atoms with Crippen molar-refractivity contribution in [3.8, 4) is 11.5 Å². The monoisotopic (exact) mass is 434 g/mol. The SMILES string of the molecule is OC1Cc2ccccc2OC1(c1ccccc1)C1(c2ccccc2)CCc2ccccc2O1. The van der Waals surface area contributed by atoms with Crippen LogP contribution in [0.2, 0.25) is 0 Å². The van der Waals surface area contributed by atoms with Gasteiger partial charge in [0.2, 0.25) is 5.60 Å². The van der Waals surface area contributed by atoms with Crippen LogP contribution in [0.4, 0.5) is 0 Å². The van der Waals surface area contributed by atoms with Crippen molar-refractivity contribution < 1.29 is 14.6 Å². The zero-order valence-corrected chi connectivity index (χ0v) is 18.4. The summed E-state index contributed by atoms with van der Waals surface area (Å²) in [6.07, 6.45) is 1.20. The Morgan fingerprint density at radius 3 is 1.85 bits per heavy atom. The van der Waals surface area contributed by atoms with E-state index in [4.69, 9.17) is 9.47 Å². The Balaban J connectivity index is 1.65. The predicted molar refractivity (Wildman–Crippen MR) is 128 cm³/mol. The van der Waals surface area contributed by atoms with Crippen LogP contribution in [0, 0.1) is 0 Å². The van der Waals surface area contributed by atoms with E-state index in [2.05, 4.69) is 18.2 Å². The normalized spacial score (nSPS) is 25.8. The molecule has 0 amide bonds. The van der Waals surface area contributed by atoms with E-state index in [1.807, 2.05) is 91.0 Å². The van der Waals surface area contributed by atoms with E-state index in [1.165, 1.54) is 5.56 Å². The number of fused-ring (bicyclic) bond motifs is 2. The van der Waals surface area contributed by atoms with Crippen LogP contribution in [-0.2, 0) is 24.0 Å². The summed E-state index contributed by atoms with van der Waals surface area (Å²) in [6.45, 7) is 0. The number of benzene rings is 4. The molecule has 0 saturated heterocycles. The van der Waals surface area contributed by atoms with Gasteiger partial charge in [0.05, 0.1) is 0 Å². The number of aryl methyl sites for hydroxylation is 1. The highest BCUT2D eigenvalue weighted by atomic mass is 16.6. The zero-order chi connectivity index (χ0) is 22.3. The van der Waals surface area contributed by atoms with Crippen molar-refractivity contribution in [2.45, 2.75) is 36.6 Å². The smallest absolute Gasteiger partial charge is 0.203 e. The number of hydrogen-bond donors (Lipinski definition) is 1.